The molecule has 1 amide bonds. The standard InChI is InChI=1S/C20H19ClN2O3/c21-16-5-6-19-14(12-16)11-15(13-26-19)20(24)22-17-3-1-2-4-18(17)23-7-9-25-10-8-23/h1-6,11-12H,7-10,13H2,(H,22,24). The number of amides is 1. The Morgan fingerprint density at radius 3 is 2.77 bits per heavy atom. The lowest BCUT2D eigenvalue weighted by atomic mass is 10.1. The Bertz CT molecular complexity index is 860. The van der Waals surface area contributed by atoms with Gasteiger partial charge in [-0.05, 0) is 36.4 Å². The van der Waals surface area contributed by atoms with E-state index in [1.807, 2.05) is 36.4 Å². The van der Waals surface area contributed by atoms with Crippen LogP contribution in [0.5, 0.6) is 5.75 Å². The molecule has 1 N–H and O–H groups in total. The van der Waals surface area contributed by atoms with E-state index in [-0.39, 0.29) is 12.5 Å². The highest BCUT2D eigenvalue weighted by molar-refractivity contribution is 6.30. The van der Waals surface area contributed by atoms with E-state index in [1.165, 1.54) is 0 Å². The normalized spacial score (nSPS) is 16.3. The number of ether oxygens (including phenoxy) is 2. The minimum absolute atomic E-state index is 0.170. The number of rotatable bonds is 3. The largest absolute Gasteiger partial charge is 0.488 e. The Morgan fingerprint density at radius 2 is 1.92 bits per heavy atom. The summed E-state index contributed by atoms with van der Waals surface area (Å²) in [6.07, 6.45) is 1.83. The maximum Gasteiger partial charge on any atom is 0.255 e. The third kappa shape index (κ3) is 3.54. The summed E-state index contributed by atoms with van der Waals surface area (Å²) in [5, 5.41) is 3.63. The van der Waals surface area contributed by atoms with Gasteiger partial charge >= 0.3 is 0 Å². The first-order valence-corrected chi connectivity index (χ1v) is 8.94. The third-order valence-corrected chi connectivity index (χ3v) is 4.72. The lowest BCUT2D eigenvalue weighted by molar-refractivity contribution is -0.113. The van der Waals surface area contributed by atoms with Gasteiger partial charge in [-0.3, -0.25) is 4.79 Å². The van der Waals surface area contributed by atoms with Crippen molar-refractivity contribution >= 4 is 35.0 Å². The molecule has 0 unspecified atom stereocenters. The second-order valence-corrected chi connectivity index (χ2v) is 6.65. The fourth-order valence-electron chi connectivity index (χ4n) is 3.14. The number of halogens is 1. The van der Waals surface area contributed by atoms with Crippen molar-refractivity contribution < 1.29 is 14.3 Å². The maximum atomic E-state index is 12.8. The second-order valence-electron chi connectivity index (χ2n) is 6.21. The van der Waals surface area contributed by atoms with E-state index in [9.17, 15) is 4.79 Å². The minimum atomic E-state index is -0.170. The highest BCUT2D eigenvalue weighted by Crippen LogP contribution is 2.31. The number of anilines is 2. The van der Waals surface area contributed by atoms with Gasteiger partial charge in [-0.2, -0.15) is 0 Å². The summed E-state index contributed by atoms with van der Waals surface area (Å²) in [7, 11) is 0. The molecule has 26 heavy (non-hydrogen) atoms. The molecule has 134 valence electrons. The molecule has 0 aliphatic carbocycles. The molecule has 2 aromatic carbocycles. The summed E-state index contributed by atoms with van der Waals surface area (Å²) in [5.41, 5.74) is 3.18. The van der Waals surface area contributed by atoms with Crippen molar-refractivity contribution in [3.05, 3.63) is 58.6 Å². The first kappa shape index (κ1) is 16.9. The fraction of sp³-hybridized carbons (Fsp3) is 0.250. The van der Waals surface area contributed by atoms with Crippen LogP contribution in [-0.4, -0.2) is 38.8 Å². The van der Waals surface area contributed by atoms with Gasteiger partial charge in [0, 0.05) is 23.7 Å². The number of carbonyl (C=O) groups is 1. The number of morpholine rings is 1. The van der Waals surface area contributed by atoms with Gasteiger partial charge in [0.25, 0.3) is 5.91 Å². The predicted molar refractivity (Wildman–Crippen MR) is 103 cm³/mol. The van der Waals surface area contributed by atoms with Gasteiger partial charge in [-0.1, -0.05) is 23.7 Å². The fourth-order valence-corrected chi connectivity index (χ4v) is 3.32. The van der Waals surface area contributed by atoms with Crippen LogP contribution < -0.4 is 15.0 Å². The number of hydrogen-bond acceptors (Lipinski definition) is 4. The topological polar surface area (TPSA) is 50.8 Å². The number of benzene rings is 2. The number of para-hydroxylation sites is 2. The molecule has 0 spiro atoms. The number of fused-ring (bicyclic) bond motifs is 1. The molecule has 0 atom stereocenters. The van der Waals surface area contributed by atoms with Crippen molar-refractivity contribution in [3.8, 4) is 5.75 Å². The zero-order valence-electron chi connectivity index (χ0n) is 14.2. The maximum absolute atomic E-state index is 12.8. The molecule has 4 rings (SSSR count). The van der Waals surface area contributed by atoms with E-state index in [0.29, 0.717) is 23.8 Å². The Hall–Kier alpha value is -2.50. The number of hydrogen-bond donors (Lipinski definition) is 1. The molecule has 0 saturated carbocycles. The minimum Gasteiger partial charge on any atom is -0.488 e. The average Bonchev–Trinajstić information content (AvgIpc) is 2.68. The van der Waals surface area contributed by atoms with E-state index in [2.05, 4.69) is 10.2 Å². The summed E-state index contributed by atoms with van der Waals surface area (Å²) in [5.74, 6) is 0.566. The SMILES string of the molecule is O=C(Nc1ccccc1N1CCOCC1)C1=Cc2cc(Cl)ccc2OC1. The monoisotopic (exact) mass is 370 g/mol. The van der Waals surface area contributed by atoms with Crippen molar-refractivity contribution in [3.63, 3.8) is 0 Å². The van der Waals surface area contributed by atoms with Crippen LogP contribution in [0.2, 0.25) is 5.02 Å². The van der Waals surface area contributed by atoms with Crippen LogP contribution in [0.4, 0.5) is 11.4 Å². The van der Waals surface area contributed by atoms with Gasteiger partial charge in [-0.25, -0.2) is 0 Å². The molecule has 1 saturated heterocycles. The number of nitrogens with zero attached hydrogens (tertiary/aromatic N) is 1. The van der Waals surface area contributed by atoms with E-state index in [4.69, 9.17) is 21.1 Å². The summed E-state index contributed by atoms with van der Waals surface area (Å²) in [6, 6.07) is 13.2. The summed E-state index contributed by atoms with van der Waals surface area (Å²) in [6.45, 7) is 3.24. The Labute approximate surface area is 157 Å². The third-order valence-electron chi connectivity index (χ3n) is 4.48. The van der Waals surface area contributed by atoms with Crippen LogP contribution in [0.1, 0.15) is 5.56 Å². The molecule has 6 heteroatoms. The summed E-state index contributed by atoms with van der Waals surface area (Å²) < 4.78 is 11.1. The second kappa shape index (κ2) is 7.40. The van der Waals surface area contributed by atoms with Crippen LogP contribution in [-0.2, 0) is 9.53 Å². The molecule has 2 aliphatic rings. The first-order chi connectivity index (χ1) is 12.7. The van der Waals surface area contributed by atoms with E-state index in [1.54, 1.807) is 12.1 Å². The molecule has 1 fully saturated rings. The zero-order valence-corrected chi connectivity index (χ0v) is 15.0. The quantitative estimate of drug-likeness (QED) is 0.897. The van der Waals surface area contributed by atoms with Crippen molar-refractivity contribution in [2.45, 2.75) is 0 Å². The van der Waals surface area contributed by atoms with Gasteiger partial charge < -0.3 is 19.7 Å². The molecular formula is C20H19ClN2O3. The van der Waals surface area contributed by atoms with Gasteiger partial charge in [-0.15, -0.1) is 0 Å². The smallest absolute Gasteiger partial charge is 0.255 e. The van der Waals surface area contributed by atoms with Crippen LogP contribution in [0.15, 0.2) is 48.0 Å². The van der Waals surface area contributed by atoms with Gasteiger partial charge in [0.2, 0.25) is 0 Å². The van der Waals surface area contributed by atoms with E-state index in [0.717, 1.165) is 35.8 Å². The predicted octanol–water partition coefficient (Wildman–Crippen LogP) is 3.59. The summed E-state index contributed by atoms with van der Waals surface area (Å²) >= 11 is 6.04. The highest BCUT2D eigenvalue weighted by atomic mass is 35.5. The molecule has 0 aromatic heterocycles. The van der Waals surface area contributed by atoms with Gasteiger partial charge in [0.1, 0.15) is 12.4 Å². The Balaban J connectivity index is 1.56. The highest BCUT2D eigenvalue weighted by Gasteiger charge is 2.20. The van der Waals surface area contributed by atoms with Gasteiger partial charge in [0.05, 0.1) is 30.2 Å². The summed E-state index contributed by atoms with van der Waals surface area (Å²) in [4.78, 5) is 15.0. The van der Waals surface area contributed by atoms with Crippen molar-refractivity contribution in [1.29, 1.82) is 0 Å². The van der Waals surface area contributed by atoms with Gasteiger partial charge in [0.15, 0.2) is 0 Å². The van der Waals surface area contributed by atoms with Crippen molar-refractivity contribution in [1.82, 2.24) is 0 Å². The van der Waals surface area contributed by atoms with Crippen molar-refractivity contribution in [2.75, 3.05) is 43.1 Å². The lowest BCUT2D eigenvalue weighted by Gasteiger charge is -2.30. The molecular weight excluding hydrogens is 352 g/mol. The average molecular weight is 371 g/mol. The molecule has 0 radical (unpaired) electrons. The van der Waals surface area contributed by atoms with E-state index >= 15 is 0 Å². The first-order valence-electron chi connectivity index (χ1n) is 8.57. The number of carbonyl (C=O) groups excluding carboxylic acids is 1. The molecule has 5 nitrogen and oxygen atoms in total. The number of nitrogens with one attached hydrogen (secondary N) is 1. The van der Waals surface area contributed by atoms with Crippen LogP contribution in [0.3, 0.4) is 0 Å². The van der Waals surface area contributed by atoms with Crippen molar-refractivity contribution in [2.24, 2.45) is 0 Å². The molecule has 2 aliphatic heterocycles. The Kier molecular flexibility index (Phi) is 4.82. The lowest BCUT2D eigenvalue weighted by Crippen LogP contribution is -2.36. The molecule has 2 aromatic rings. The van der Waals surface area contributed by atoms with Crippen LogP contribution >= 0.6 is 11.6 Å². The molecule has 0 bridgehead atoms. The zero-order chi connectivity index (χ0) is 17.9. The van der Waals surface area contributed by atoms with Crippen LogP contribution in [0, 0.1) is 0 Å². The Morgan fingerprint density at radius 1 is 1.12 bits per heavy atom. The molecule has 2 heterocycles. The van der Waals surface area contributed by atoms with Crippen LogP contribution in [0.25, 0.3) is 6.08 Å². The van der Waals surface area contributed by atoms with E-state index < -0.39 is 0 Å².